The summed E-state index contributed by atoms with van der Waals surface area (Å²) in [5.41, 5.74) is 0.519. The standard InChI is InChI=1S/C13H14N2O5S/c1-9-4-2-3-5-11(9)21(19,20)15-7-6-14-13(18)10(15)8-12(16)17/h2-7,10H,8H2,1H3,(H,14,18)(H,16,17). The molecule has 0 saturated heterocycles. The summed E-state index contributed by atoms with van der Waals surface area (Å²) >= 11 is 0. The first-order valence-electron chi connectivity index (χ1n) is 6.12. The topological polar surface area (TPSA) is 104 Å². The fourth-order valence-electron chi connectivity index (χ4n) is 2.06. The van der Waals surface area contributed by atoms with Crippen molar-refractivity contribution in [2.24, 2.45) is 0 Å². The predicted octanol–water partition coefficient (Wildman–Crippen LogP) is 0.430. The van der Waals surface area contributed by atoms with E-state index in [9.17, 15) is 18.0 Å². The summed E-state index contributed by atoms with van der Waals surface area (Å²) in [5, 5.41) is 11.2. The van der Waals surface area contributed by atoms with Crippen LogP contribution in [0.25, 0.3) is 0 Å². The molecule has 1 heterocycles. The molecule has 1 atom stereocenters. The molecule has 0 fully saturated rings. The second-order valence-electron chi connectivity index (χ2n) is 4.54. The van der Waals surface area contributed by atoms with E-state index in [1.54, 1.807) is 25.1 Å². The van der Waals surface area contributed by atoms with Crippen LogP contribution in [0.1, 0.15) is 12.0 Å². The molecule has 1 aromatic rings. The lowest BCUT2D eigenvalue weighted by Gasteiger charge is -2.30. The highest BCUT2D eigenvalue weighted by Gasteiger charge is 2.37. The Morgan fingerprint density at radius 3 is 2.67 bits per heavy atom. The monoisotopic (exact) mass is 310 g/mol. The van der Waals surface area contributed by atoms with E-state index in [-0.39, 0.29) is 4.90 Å². The first-order chi connectivity index (χ1) is 9.84. The lowest BCUT2D eigenvalue weighted by atomic mass is 10.2. The van der Waals surface area contributed by atoms with Gasteiger partial charge in [-0.2, -0.15) is 0 Å². The van der Waals surface area contributed by atoms with Crippen LogP contribution in [0.3, 0.4) is 0 Å². The molecular weight excluding hydrogens is 296 g/mol. The molecule has 0 bridgehead atoms. The van der Waals surface area contributed by atoms with Gasteiger partial charge < -0.3 is 10.4 Å². The summed E-state index contributed by atoms with van der Waals surface area (Å²) in [7, 11) is -4.00. The summed E-state index contributed by atoms with van der Waals surface area (Å²) in [6.07, 6.45) is 1.73. The van der Waals surface area contributed by atoms with Crippen LogP contribution >= 0.6 is 0 Å². The van der Waals surface area contributed by atoms with E-state index in [1.807, 2.05) is 0 Å². The summed E-state index contributed by atoms with van der Waals surface area (Å²) in [5.74, 6) is -1.92. The maximum Gasteiger partial charge on any atom is 0.306 e. The van der Waals surface area contributed by atoms with Crippen molar-refractivity contribution < 1.29 is 23.1 Å². The number of carboxylic acid groups (broad SMARTS) is 1. The van der Waals surface area contributed by atoms with Crippen LogP contribution in [0.15, 0.2) is 41.6 Å². The van der Waals surface area contributed by atoms with Gasteiger partial charge in [-0.1, -0.05) is 18.2 Å². The highest BCUT2D eigenvalue weighted by molar-refractivity contribution is 7.89. The van der Waals surface area contributed by atoms with E-state index < -0.39 is 34.4 Å². The molecule has 1 aromatic carbocycles. The average Bonchev–Trinajstić information content (AvgIpc) is 2.40. The minimum atomic E-state index is -4.00. The van der Waals surface area contributed by atoms with Gasteiger partial charge in [-0.25, -0.2) is 8.42 Å². The third-order valence-electron chi connectivity index (χ3n) is 3.07. The predicted molar refractivity (Wildman–Crippen MR) is 73.5 cm³/mol. The molecule has 7 nitrogen and oxygen atoms in total. The van der Waals surface area contributed by atoms with E-state index >= 15 is 0 Å². The Hall–Kier alpha value is -2.35. The van der Waals surface area contributed by atoms with Crippen LogP contribution < -0.4 is 5.32 Å². The van der Waals surface area contributed by atoms with Crippen LogP contribution in [0.2, 0.25) is 0 Å². The molecule has 0 radical (unpaired) electrons. The molecule has 2 rings (SSSR count). The van der Waals surface area contributed by atoms with Gasteiger partial charge in [-0.05, 0) is 18.6 Å². The molecule has 0 spiro atoms. The van der Waals surface area contributed by atoms with Crippen LogP contribution in [0, 0.1) is 6.92 Å². The van der Waals surface area contributed by atoms with Crippen molar-refractivity contribution in [1.82, 2.24) is 9.62 Å². The van der Waals surface area contributed by atoms with E-state index in [0.717, 1.165) is 10.5 Å². The van der Waals surface area contributed by atoms with Gasteiger partial charge in [0.2, 0.25) is 5.91 Å². The third-order valence-corrected chi connectivity index (χ3v) is 5.02. The number of aryl methyl sites for hydroxylation is 1. The Kier molecular flexibility index (Phi) is 3.99. The van der Waals surface area contributed by atoms with Crippen molar-refractivity contribution >= 4 is 21.9 Å². The minimum absolute atomic E-state index is 0.0414. The number of hydrogen-bond acceptors (Lipinski definition) is 4. The van der Waals surface area contributed by atoms with Gasteiger partial charge >= 0.3 is 5.97 Å². The summed E-state index contributed by atoms with van der Waals surface area (Å²) in [6.45, 7) is 1.63. The smallest absolute Gasteiger partial charge is 0.306 e. The molecule has 21 heavy (non-hydrogen) atoms. The van der Waals surface area contributed by atoms with E-state index in [4.69, 9.17) is 5.11 Å². The van der Waals surface area contributed by atoms with E-state index in [1.165, 1.54) is 12.3 Å². The normalized spacial score (nSPS) is 18.4. The van der Waals surface area contributed by atoms with Crippen molar-refractivity contribution in [2.75, 3.05) is 0 Å². The van der Waals surface area contributed by atoms with Crippen LogP contribution in [0.4, 0.5) is 0 Å². The number of sulfonamides is 1. The Morgan fingerprint density at radius 1 is 1.38 bits per heavy atom. The van der Waals surface area contributed by atoms with Crippen LogP contribution in [-0.4, -0.2) is 35.7 Å². The molecule has 8 heteroatoms. The second kappa shape index (κ2) is 5.57. The summed E-state index contributed by atoms with van der Waals surface area (Å²) in [6, 6.07) is 5.01. The zero-order chi connectivity index (χ0) is 15.6. The second-order valence-corrected chi connectivity index (χ2v) is 6.35. The zero-order valence-corrected chi connectivity index (χ0v) is 12.0. The molecule has 1 amide bonds. The SMILES string of the molecule is Cc1ccccc1S(=O)(=O)N1C=CNC(=O)C1CC(=O)O. The first kappa shape index (κ1) is 15.0. The lowest BCUT2D eigenvalue weighted by Crippen LogP contribution is -2.50. The number of aliphatic carboxylic acids is 1. The number of nitrogens with one attached hydrogen (secondary N) is 1. The fraction of sp³-hybridized carbons (Fsp3) is 0.231. The molecule has 112 valence electrons. The number of hydrogen-bond donors (Lipinski definition) is 2. The number of rotatable bonds is 4. The van der Waals surface area contributed by atoms with Gasteiger partial charge in [0.1, 0.15) is 6.04 Å². The van der Waals surface area contributed by atoms with Gasteiger partial charge in [-0.3, -0.25) is 13.9 Å². The van der Waals surface area contributed by atoms with Gasteiger partial charge in [-0.15, -0.1) is 0 Å². The maximum absolute atomic E-state index is 12.6. The minimum Gasteiger partial charge on any atom is -0.481 e. The van der Waals surface area contributed by atoms with Crippen molar-refractivity contribution in [3.05, 3.63) is 42.2 Å². The van der Waals surface area contributed by atoms with Gasteiger partial charge in [0, 0.05) is 12.4 Å². The van der Waals surface area contributed by atoms with E-state index in [2.05, 4.69) is 5.32 Å². The van der Waals surface area contributed by atoms with Crippen molar-refractivity contribution in [2.45, 2.75) is 24.3 Å². The molecule has 0 aromatic heterocycles. The van der Waals surface area contributed by atoms with Gasteiger partial charge in [0.05, 0.1) is 11.3 Å². The van der Waals surface area contributed by atoms with Crippen molar-refractivity contribution in [3.8, 4) is 0 Å². The Balaban J connectivity index is 2.48. The Bertz CT molecular complexity index is 711. The number of benzene rings is 1. The Morgan fingerprint density at radius 2 is 2.05 bits per heavy atom. The number of carboxylic acids is 1. The van der Waals surface area contributed by atoms with Crippen molar-refractivity contribution in [1.29, 1.82) is 0 Å². The molecule has 2 N–H and O–H groups in total. The third kappa shape index (κ3) is 2.89. The van der Waals surface area contributed by atoms with Crippen molar-refractivity contribution in [3.63, 3.8) is 0 Å². The largest absolute Gasteiger partial charge is 0.481 e. The van der Waals surface area contributed by atoms with Crippen LogP contribution in [0.5, 0.6) is 0 Å². The van der Waals surface area contributed by atoms with Gasteiger partial charge in [0.15, 0.2) is 0 Å². The number of carbonyl (C=O) groups excluding carboxylic acids is 1. The molecular formula is C13H14N2O5S. The zero-order valence-electron chi connectivity index (χ0n) is 11.2. The summed E-state index contributed by atoms with van der Waals surface area (Å²) in [4.78, 5) is 22.7. The summed E-state index contributed by atoms with van der Waals surface area (Å²) < 4.78 is 26.1. The van der Waals surface area contributed by atoms with Gasteiger partial charge in [0.25, 0.3) is 10.0 Å². The number of amides is 1. The maximum atomic E-state index is 12.6. The van der Waals surface area contributed by atoms with E-state index in [0.29, 0.717) is 5.56 Å². The molecule has 1 unspecified atom stereocenters. The molecule has 1 aliphatic heterocycles. The van der Waals surface area contributed by atoms with Crippen LogP contribution in [-0.2, 0) is 19.6 Å². The first-order valence-corrected chi connectivity index (χ1v) is 7.56. The average molecular weight is 310 g/mol. The molecule has 0 aliphatic carbocycles. The number of nitrogens with zero attached hydrogens (tertiary/aromatic N) is 1. The lowest BCUT2D eigenvalue weighted by molar-refractivity contribution is -0.140. The highest BCUT2D eigenvalue weighted by Crippen LogP contribution is 2.24. The molecule has 1 aliphatic rings. The molecule has 0 saturated carbocycles. The Labute approximate surface area is 121 Å². The fourth-order valence-corrected chi connectivity index (χ4v) is 3.74. The number of carbonyl (C=O) groups is 2. The highest BCUT2D eigenvalue weighted by atomic mass is 32.2. The quantitative estimate of drug-likeness (QED) is 0.839.